The highest BCUT2D eigenvalue weighted by atomic mass is 32.1. The van der Waals surface area contributed by atoms with E-state index in [1.165, 1.54) is 12.3 Å². The van der Waals surface area contributed by atoms with Crippen LogP contribution in [0.25, 0.3) is 10.9 Å². The van der Waals surface area contributed by atoms with Gasteiger partial charge in [0.2, 0.25) is 12.2 Å². The van der Waals surface area contributed by atoms with E-state index in [2.05, 4.69) is 5.32 Å². The summed E-state index contributed by atoms with van der Waals surface area (Å²) in [5.74, 6) is -0.482. The molecule has 2 aromatic carbocycles. The zero-order chi connectivity index (χ0) is 25.0. The molecule has 11 heteroatoms. The van der Waals surface area contributed by atoms with Gasteiger partial charge >= 0.3 is 5.97 Å². The summed E-state index contributed by atoms with van der Waals surface area (Å²) in [5.41, 5.74) is 0.759. The van der Waals surface area contributed by atoms with Gasteiger partial charge in [-0.05, 0) is 49.3 Å². The minimum Gasteiger partial charge on any atom is -0.477 e. The number of piperazine rings is 1. The van der Waals surface area contributed by atoms with Crippen molar-refractivity contribution in [1.29, 1.82) is 0 Å². The number of nitrogens with one attached hydrogen (secondary N) is 1. The van der Waals surface area contributed by atoms with Gasteiger partial charge in [0.25, 0.3) is 0 Å². The Labute approximate surface area is 210 Å². The van der Waals surface area contributed by atoms with Crippen LogP contribution in [0.3, 0.4) is 0 Å². The standard InChI is InChI=1S/C25H23FN4O5S/c26-18-10-16-19(30(15-2-3-15)12-17(23(16)31)24(32)33)11-20(18)28-5-7-29(8-6-28)25(36)27-14-1-4-21-22(9-14)35-13-34-21/h1,4,9-12,15H,2-3,5-8,13H2,(H,27,36)(H,32,33). The first-order valence-electron chi connectivity index (χ1n) is 11.7. The first kappa shape index (κ1) is 22.6. The van der Waals surface area contributed by atoms with E-state index in [1.807, 2.05) is 32.6 Å². The molecule has 3 aromatic rings. The van der Waals surface area contributed by atoms with Crippen LogP contribution >= 0.6 is 12.2 Å². The molecule has 1 saturated heterocycles. The van der Waals surface area contributed by atoms with Crippen LogP contribution in [0, 0.1) is 5.82 Å². The van der Waals surface area contributed by atoms with E-state index in [1.54, 1.807) is 6.07 Å². The highest BCUT2D eigenvalue weighted by Gasteiger charge is 2.29. The molecule has 1 saturated carbocycles. The smallest absolute Gasteiger partial charge is 0.341 e. The minimum absolute atomic E-state index is 0.0933. The van der Waals surface area contributed by atoms with Gasteiger partial charge in [0.1, 0.15) is 11.4 Å². The van der Waals surface area contributed by atoms with Crippen molar-refractivity contribution in [3.63, 3.8) is 0 Å². The van der Waals surface area contributed by atoms with Crippen molar-refractivity contribution in [3.8, 4) is 11.5 Å². The first-order chi connectivity index (χ1) is 17.4. The summed E-state index contributed by atoms with van der Waals surface area (Å²) in [7, 11) is 0. The molecule has 0 radical (unpaired) electrons. The monoisotopic (exact) mass is 510 g/mol. The Morgan fingerprint density at radius 1 is 1.08 bits per heavy atom. The molecule has 2 fully saturated rings. The lowest BCUT2D eigenvalue weighted by molar-refractivity contribution is 0.0695. The number of halogens is 1. The molecule has 9 nitrogen and oxygen atoms in total. The maximum atomic E-state index is 15.2. The second-order valence-electron chi connectivity index (χ2n) is 9.11. The van der Waals surface area contributed by atoms with Crippen LogP contribution in [-0.2, 0) is 0 Å². The van der Waals surface area contributed by atoms with Crippen molar-refractivity contribution < 1.29 is 23.8 Å². The average molecular weight is 511 g/mol. The lowest BCUT2D eigenvalue weighted by Crippen LogP contribution is -2.50. The van der Waals surface area contributed by atoms with Gasteiger partial charge in [0.15, 0.2) is 16.6 Å². The third kappa shape index (κ3) is 3.98. The molecule has 36 heavy (non-hydrogen) atoms. The molecule has 0 unspecified atom stereocenters. The number of carboxylic acid groups (broad SMARTS) is 1. The third-order valence-corrected chi connectivity index (χ3v) is 7.16. The van der Waals surface area contributed by atoms with Crippen molar-refractivity contribution in [2.75, 3.05) is 43.2 Å². The number of rotatable bonds is 4. The first-order valence-corrected chi connectivity index (χ1v) is 12.1. The maximum absolute atomic E-state index is 15.2. The van der Waals surface area contributed by atoms with Crippen LogP contribution in [0.15, 0.2) is 41.3 Å². The molecule has 3 heterocycles. The Kier molecular flexibility index (Phi) is 5.44. The zero-order valence-electron chi connectivity index (χ0n) is 19.2. The van der Waals surface area contributed by atoms with Gasteiger partial charge < -0.3 is 34.3 Å². The lowest BCUT2D eigenvalue weighted by Gasteiger charge is -2.37. The van der Waals surface area contributed by atoms with Gasteiger partial charge in [-0.1, -0.05) is 0 Å². The van der Waals surface area contributed by atoms with Gasteiger partial charge in [-0.3, -0.25) is 4.79 Å². The van der Waals surface area contributed by atoms with Crippen LogP contribution in [0.2, 0.25) is 0 Å². The molecular weight excluding hydrogens is 487 g/mol. The van der Waals surface area contributed by atoms with Gasteiger partial charge in [-0.25, -0.2) is 9.18 Å². The Bertz CT molecular complexity index is 1460. The summed E-state index contributed by atoms with van der Waals surface area (Å²) in [5, 5.41) is 13.3. The quantitative estimate of drug-likeness (QED) is 0.512. The molecule has 186 valence electrons. The average Bonchev–Trinajstić information content (AvgIpc) is 3.61. The maximum Gasteiger partial charge on any atom is 0.341 e. The fraction of sp³-hybridized carbons (Fsp3) is 0.320. The number of anilines is 2. The number of pyridine rings is 1. The summed E-state index contributed by atoms with van der Waals surface area (Å²) in [6.07, 6.45) is 3.19. The summed E-state index contributed by atoms with van der Waals surface area (Å²) in [4.78, 5) is 28.2. The van der Waals surface area contributed by atoms with Crippen LogP contribution < -0.4 is 25.1 Å². The van der Waals surface area contributed by atoms with Gasteiger partial charge in [-0.2, -0.15) is 0 Å². The molecule has 2 N–H and O–H groups in total. The second-order valence-corrected chi connectivity index (χ2v) is 9.50. The normalized spacial score (nSPS) is 16.9. The van der Waals surface area contributed by atoms with Crippen LogP contribution in [0.4, 0.5) is 15.8 Å². The number of aromatic carboxylic acids is 1. The molecule has 0 amide bonds. The summed E-state index contributed by atoms with van der Waals surface area (Å²) >= 11 is 5.59. The van der Waals surface area contributed by atoms with E-state index in [9.17, 15) is 14.7 Å². The summed E-state index contributed by atoms with van der Waals surface area (Å²) < 4.78 is 27.8. The van der Waals surface area contributed by atoms with Crippen LogP contribution in [0.5, 0.6) is 11.5 Å². The molecule has 1 aliphatic carbocycles. The highest BCUT2D eigenvalue weighted by Crippen LogP contribution is 2.38. The molecule has 3 aliphatic rings. The second kappa shape index (κ2) is 8.66. The fourth-order valence-electron chi connectivity index (χ4n) is 4.74. The van der Waals surface area contributed by atoms with Gasteiger partial charge in [0.05, 0.1) is 11.2 Å². The van der Waals surface area contributed by atoms with Crippen LogP contribution in [-0.4, -0.2) is 58.6 Å². The zero-order valence-corrected chi connectivity index (χ0v) is 20.0. The van der Waals surface area contributed by atoms with Crippen molar-refractivity contribution in [2.45, 2.75) is 18.9 Å². The number of carboxylic acids is 1. The number of aromatic nitrogens is 1. The number of hydrogen-bond donors (Lipinski definition) is 2. The lowest BCUT2D eigenvalue weighted by atomic mass is 10.1. The Morgan fingerprint density at radius 3 is 2.56 bits per heavy atom. The number of fused-ring (bicyclic) bond motifs is 2. The van der Waals surface area contributed by atoms with E-state index in [0.717, 1.165) is 18.5 Å². The van der Waals surface area contributed by atoms with E-state index in [4.69, 9.17) is 21.7 Å². The highest BCUT2D eigenvalue weighted by molar-refractivity contribution is 7.80. The van der Waals surface area contributed by atoms with E-state index in [0.29, 0.717) is 54.0 Å². The van der Waals surface area contributed by atoms with E-state index < -0.39 is 17.2 Å². The largest absolute Gasteiger partial charge is 0.477 e. The van der Waals surface area contributed by atoms with Gasteiger partial charge in [-0.15, -0.1) is 0 Å². The number of nitrogens with zero attached hydrogens (tertiary/aromatic N) is 3. The molecule has 6 rings (SSSR count). The van der Waals surface area contributed by atoms with E-state index >= 15 is 4.39 Å². The van der Waals surface area contributed by atoms with Gasteiger partial charge in [0, 0.05) is 55.6 Å². The SMILES string of the molecule is O=C(O)c1cn(C2CC2)c2cc(N3CCN(C(=S)Nc4ccc5c(c4)OCO5)CC3)c(F)cc2c1=O. The number of carbonyl (C=O) groups is 1. The summed E-state index contributed by atoms with van der Waals surface area (Å²) in [6, 6.07) is 8.51. The number of thiocarbonyl (C=S) groups is 1. The fourth-order valence-corrected chi connectivity index (χ4v) is 5.04. The Morgan fingerprint density at radius 2 is 1.83 bits per heavy atom. The number of hydrogen-bond acceptors (Lipinski definition) is 6. The topological polar surface area (TPSA) is 96.3 Å². The molecule has 0 atom stereocenters. The summed E-state index contributed by atoms with van der Waals surface area (Å²) in [6.45, 7) is 2.44. The molecule has 1 aromatic heterocycles. The molecular formula is C25H23FN4O5S. The van der Waals surface area contributed by atoms with Crippen LogP contribution in [0.1, 0.15) is 29.2 Å². The minimum atomic E-state index is -1.30. The molecule has 0 bridgehead atoms. The predicted octanol–water partition coefficient (Wildman–Crippen LogP) is 3.42. The molecule has 0 spiro atoms. The van der Waals surface area contributed by atoms with Crippen molar-refractivity contribution in [2.24, 2.45) is 0 Å². The molecule has 2 aliphatic heterocycles. The van der Waals surface area contributed by atoms with Crippen molar-refractivity contribution in [1.82, 2.24) is 9.47 Å². The Balaban J connectivity index is 1.21. The predicted molar refractivity (Wildman–Crippen MR) is 136 cm³/mol. The Hall–Kier alpha value is -3.86. The number of ether oxygens (including phenoxy) is 2. The van der Waals surface area contributed by atoms with Crippen molar-refractivity contribution >= 4 is 45.6 Å². The third-order valence-electron chi connectivity index (χ3n) is 6.80. The number of benzene rings is 2. The van der Waals surface area contributed by atoms with E-state index in [-0.39, 0.29) is 23.8 Å². The van der Waals surface area contributed by atoms with Crippen molar-refractivity contribution in [3.05, 3.63) is 58.1 Å².